The van der Waals surface area contributed by atoms with Crippen molar-refractivity contribution in [3.8, 4) is 11.8 Å². The van der Waals surface area contributed by atoms with Crippen molar-refractivity contribution in [1.82, 2.24) is 0 Å². The smallest absolute Gasteiger partial charge is 0.0863 e. The lowest BCUT2D eigenvalue weighted by molar-refractivity contribution is 0.559. The predicted octanol–water partition coefficient (Wildman–Crippen LogP) is 2.27. The van der Waals surface area contributed by atoms with Crippen LogP contribution < -0.4 is 0 Å². The van der Waals surface area contributed by atoms with Crippen LogP contribution in [0, 0.1) is 23.7 Å². The SMILES string of the molecule is CC#CC1CP(C)(=O)CC1C. The normalized spacial score (nSPS) is 43.2. The van der Waals surface area contributed by atoms with Crippen molar-refractivity contribution in [3.63, 3.8) is 0 Å². The highest BCUT2D eigenvalue weighted by Crippen LogP contribution is 2.52. The summed E-state index contributed by atoms with van der Waals surface area (Å²) >= 11 is 0. The molecule has 1 aliphatic rings. The van der Waals surface area contributed by atoms with Crippen LogP contribution in [0.2, 0.25) is 0 Å². The zero-order valence-electron chi connectivity index (χ0n) is 7.42. The standard InChI is InChI=1S/C9H15OP/c1-4-5-9-7-11(3,10)6-8(9)2/h8-9H,6-7H2,1-3H3. The van der Waals surface area contributed by atoms with Gasteiger partial charge < -0.3 is 4.57 Å². The van der Waals surface area contributed by atoms with Crippen molar-refractivity contribution >= 4 is 7.14 Å². The topological polar surface area (TPSA) is 17.1 Å². The van der Waals surface area contributed by atoms with E-state index in [2.05, 4.69) is 18.8 Å². The molecule has 1 aliphatic heterocycles. The summed E-state index contributed by atoms with van der Waals surface area (Å²) in [4.78, 5) is 0. The average molecular weight is 170 g/mol. The van der Waals surface area contributed by atoms with Crippen LogP contribution >= 0.6 is 7.14 Å². The zero-order chi connectivity index (χ0) is 8.48. The Hall–Kier alpha value is -0.210. The van der Waals surface area contributed by atoms with Crippen LogP contribution in [0.4, 0.5) is 0 Å². The van der Waals surface area contributed by atoms with Gasteiger partial charge in [-0.15, -0.1) is 5.92 Å². The molecule has 0 aromatic heterocycles. The molecule has 0 bridgehead atoms. The number of rotatable bonds is 0. The third-order valence-electron chi connectivity index (χ3n) is 2.27. The summed E-state index contributed by atoms with van der Waals surface area (Å²) in [7, 11) is -1.79. The molecule has 3 unspecified atom stereocenters. The summed E-state index contributed by atoms with van der Waals surface area (Å²) in [5.74, 6) is 6.97. The molecular formula is C9H15OP. The van der Waals surface area contributed by atoms with E-state index in [0.717, 1.165) is 12.3 Å². The second-order valence-electron chi connectivity index (χ2n) is 3.64. The molecule has 3 atom stereocenters. The second-order valence-corrected chi connectivity index (χ2v) is 6.96. The molecule has 2 heteroatoms. The summed E-state index contributed by atoms with van der Waals surface area (Å²) in [6.07, 6.45) is 1.74. The lowest BCUT2D eigenvalue weighted by Crippen LogP contribution is -2.04. The Labute approximate surface area is 68.9 Å². The quantitative estimate of drug-likeness (QED) is 0.402. The third kappa shape index (κ3) is 2.11. The van der Waals surface area contributed by atoms with Crippen LogP contribution in [0.25, 0.3) is 0 Å². The van der Waals surface area contributed by atoms with Gasteiger partial charge in [0.05, 0.1) is 7.14 Å². The van der Waals surface area contributed by atoms with Gasteiger partial charge in [0.1, 0.15) is 0 Å². The van der Waals surface area contributed by atoms with Crippen LogP contribution in [0.15, 0.2) is 0 Å². The Bertz CT molecular complexity index is 246. The first kappa shape index (κ1) is 8.88. The highest BCUT2D eigenvalue weighted by atomic mass is 31.2. The van der Waals surface area contributed by atoms with Crippen molar-refractivity contribution < 1.29 is 4.57 Å². The minimum atomic E-state index is -1.79. The molecule has 0 aliphatic carbocycles. The molecular weight excluding hydrogens is 155 g/mol. The van der Waals surface area contributed by atoms with Crippen molar-refractivity contribution in [3.05, 3.63) is 0 Å². The summed E-state index contributed by atoms with van der Waals surface area (Å²) in [5.41, 5.74) is 0. The molecule has 0 aromatic carbocycles. The first-order valence-corrected chi connectivity index (χ1v) is 6.55. The van der Waals surface area contributed by atoms with Crippen LogP contribution in [0.1, 0.15) is 13.8 Å². The molecule has 0 saturated carbocycles. The Morgan fingerprint density at radius 2 is 2.09 bits per heavy atom. The fourth-order valence-corrected chi connectivity index (χ4v) is 4.69. The van der Waals surface area contributed by atoms with Crippen molar-refractivity contribution in [1.29, 1.82) is 0 Å². The summed E-state index contributed by atoms with van der Waals surface area (Å²) in [6.45, 7) is 5.91. The molecule has 0 radical (unpaired) electrons. The van der Waals surface area contributed by atoms with E-state index in [1.54, 1.807) is 0 Å². The first-order valence-electron chi connectivity index (χ1n) is 4.03. The highest BCUT2D eigenvalue weighted by molar-refractivity contribution is 7.63. The van der Waals surface area contributed by atoms with Gasteiger partial charge in [-0.1, -0.05) is 12.8 Å². The van der Waals surface area contributed by atoms with Crippen molar-refractivity contribution in [2.24, 2.45) is 11.8 Å². The van der Waals surface area contributed by atoms with E-state index in [-0.39, 0.29) is 0 Å². The Morgan fingerprint density at radius 1 is 1.45 bits per heavy atom. The Balaban J connectivity index is 2.72. The maximum absolute atomic E-state index is 11.6. The van der Waals surface area contributed by atoms with Crippen LogP contribution in [0.3, 0.4) is 0 Å². The molecule has 0 aromatic rings. The lowest BCUT2D eigenvalue weighted by atomic mass is 9.99. The highest BCUT2D eigenvalue weighted by Gasteiger charge is 2.34. The number of hydrogen-bond acceptors (Lipinski definition) is 1. The minimum absolute atomic E-state index is 0.399. The lowest BCUT2D eigenvalue weighted by Gasteiger charge is -2.03. The fourth-order valence-electron chi connectivity index (χ4n) is 1.78. The van der Waals surface area contributed by atoms with E-state index in [4.69, 9.17) is 0 Å². The maximum Gasteiger partial charge on any atom is 0.0863 e. The van der Waals surface area contributed by atoms with Crippen molar-refractivity contribution in [2.45, 2.75) is 13.8 Å². The molecule has 1 nitrogen and oxygen atoms in total. The second kappa shape index (κ2) is 3.03. The van der Waals surface area contributed by atoms with E-state index in [9.17, 15) is 4.57 Å². The minimum Gasteiger partial charge on any atom is -0.324 e. The monoisotopic (exact) mass is 170 g/mol. The van der Waals surface area contributed by atoms with Gasteiger partial charge in [-0.2, -0.15) is 0 Å². The van der Waals surface area contributed by atoms with Gasteiger partial charge in [0.15, 0.2) is 0 Å². The van der Waals surface area contributed by atoms with Crippen LogP contribution in [-0.2, 0) is 4.57 Å². The van der Waals surface area contributed by atoms with Gasteiger partial charge in [-0.3, -0.25) is 0 Å². The van der Waals surface area contributed by atoms with Gasteiger partial charge in [-0.25, -0.2) is 0 Å². The zero-order valence-corrected chi connectivity index (χ0v) is 8.32. The number of hydrogen-bond donors (Lipinski definition) is 0. The molecule has 0 amide bonds. The van der Waals surface area contributed by atoms with E-state index < -0.39 is 7.14 Å². The van der Waals surface area contributed by atoms with Gasteiger partial charge in [0.2, 0.25) is 0 Å². The summed E-state index contributed by atoms with van der Waals surface area (Å²) in [6, 6.07) is 0. The van der Waals surface area contributed by atoms with Crippen LogP contribution in [0.5, 0.6) is 0 Å². The summed E-state index contributed by atoms with van der Waals surface area (Å²) in [5, 5.41) is 0. The molecule has 1 rings (SSSR count). The Morgan fingerprint density at radius 3 is 2.45 bits per heavy atom. The van der Waals surface area contributed by atoms with E-state index >= 15 is 0 Å². The van der Waals surface area contributed by atoms with E-state index in [1.165, 1.54) is 0 Å². The Kier molecular flexibility index (Phi) is 2.45. The fraction of sp³-hybridized carbons (Fsp3) is 0.778. The molecule has 1 fully saturated rings. The molecule has 62 valence electrons. The largest absolute Gasteiger partial charge is 0.324 e. The predicted molar refractivity (Wildman–Crippen MR) is 49.4 cm³/mol. The first-order chi connectivity index (χ1) is 5.05. The van der Waals surface area contributed by atoms with Gasteiger partial charge in [-0.05, 0) is 19.5 Å². The van der Waals surface area contributed by atoms with Crippen molar-refractivity contribution in [2.75, 3.05) is 19.0 Å². The molecule has 1 saturated heterocycles. The van der Waals surface area contributed by atoms with E-state index in [0.29, 0.717) is 11.8 Å². The average Bonchev–Trinajstić information content (AvgIpc) is 2.07. The third-order valence-corrected chi connectivity index (χ3v) is 4.79. The maximum atomic E-state index is 11.6. The van der Waals surface area contributed by atoms with Crippen LogP contribution in [-0.4, -0.2) is 19.0 Å². The van der Waals surface area contributed by atoms with Gasteiger partial charge in [0.25, 0.3) is 0 Å². The van der Waals surface area contributed by atoms with Gasteiger partial charge >= 0.3 is 0 Å². The molecule has 1 heterocycles. The van der Waals surface area contributed by atoms with Gasteiger partial charge in [0, 0.05) is 18.2 Å². The molecule has 11 heavy (non-hydrogen) atoms. The molecule has 0 spiro atoms. The molecule has 0 N–H and O–H groups in total. The summed E-state index contributed by atoms with van der Waals surface area (Å²) < 4.78 is 11.6. The van der Waals surface area contributed by atoms with E-state index in [1.807, 2.05) is 13.6 Å².